The molecule has 1 heterocycles. The first kappa shape index (κ1) is 45.3. The largest absolute Gasteiger partial charge is 0.382 e. The van der Waals surface area contributed by atoms with Crippen LogP contribution in [0.2, 0.25) is 10.0 Å². The molecule has 17 heteroatoms. The van der Waals surface area contributed by atoms with Gasteiger partial charge in [-0.05, 0) is 61.3 Å². The predicted molar refractivity (Wildman–Crippen MR) is 205 cm³/mol. The Bertz CT molecular complexity index is 1420. The zero-order chi connectivity index (χ0) is 38.2. The first-order valence-corrected chi connectivity index (χ1v) is 20.2. The number of rotatable bonds is 30. The Kier molecular flexibility index (Phi) is 22.8. The molecule has 1 aliphatic rings. The highest BCUT2D eigenvalue weighted by molar-refractivity contribution is 7.90. The minimum atomic E-state index is -3.88. The van der Waals surface area contributed by atoms with Gasteiger partial charge >= 0.3 is 0 Å². The van der Waals surface area contributed by atoms with Crippen LogP contribution in [0.25, 0.3) is 0 Å². The van der Waals surface area contributed by atoms with E-state index in [1.807, 2.05) is 6.07 Å². The number of methoxy groups -OCH3 is 1. The molecule has 14 nitrogen and oxygen atoms in total. The number of benzene rings is 2. The average Bonchev–Trinajstić information content (AvgIpc) is 3.66. The number of ether oxygens (including phenoxy) is 7. The molecule has 0 saturated carbocycles. The van der Waals surface area contributed by atoms with Gasteiger partial charge in [0.05, 0.1) is 114 Å². The standard InChI is InChI=1S/C36H56Cl2N4O10S/c1-41(36(43)27-30-8-9-33(37)34(38)26-30)35(29-42-11-3-4-12-42)31-6-5-7-32(28-31)40-53(44,45)39-10-13-47-16-17-49-20-21-51-24-25-52-23-22-50-19-18-48-15-14-46-2/h5-9,26,28,35,39-40H,3-4,10-25,27,29H2,1-2H3. The van der Waals surface area contributed by atoms with Crippen molar-refractivity contribution in [3.05, 3.63) is 63.6 Å². The third kappa shape index (κ3) is 19.3. The minimum absolute atomic E-state index is 0.0783. The molecule has 0 spiro atoms. The van der Waals surface area contributed by atoms with Gasteiger partial charge in [-0.15, -0.1) is 0 Å². The molecule has 1 atom stereocenters. The van der Waals surface area contributed by atoms with Gasteiger partial charge in [0, 0.05) is 27.2 Å². The van der Waals surface area contributed by atoms with Crippen molar-refractivity contribution in [2.75, 3.05) is 131 Å². The van der Waals surface area contributed by atoms with Crippen molar-refractivity contribution in [1.82, 2.24) is 14.5 Å². The SMILES string of the molecule is COCCOCCOCCOCCOCCOCCOCCNS(=O)(=O)Nc1cccc(C(CN2CCCC2)N(C)C(=O)Cc2ccc(Cl)c(Cl)c2)c1. The molecule has 0 bridgehead atoms. The van der Waals surface area contributed by atoms with Gasteiger partial charge in [-0.2, -0.15) is 13.1 Å². The minimum Gasteiger partial charge on any atom is -0.382 e. The van der Waals surface area contributed by atoms with Crippen LogP contribution in [0.1, 0.15) is 30.0 Å². The Hall–Kier alpha value is -2.12. The highest BCUT2D eigenvalue weighted by Crippen LogP contribution is 2.27. The van der Waals surface area contributed by atoms with Crippen molar-refractivity contribution < 1.29 is 46.4 Å². The summed E-state index contributed by atoms with van der Waals surface area (Å²) in [5.74, 6) is -0.0882. The monoisotopic (exact) mass is 806 g/mol. The van der Waals surface area contributed by atoms with Crippen molar-refractivity contribution in [3.63, 3.8) is 0 Å². The lowest BCUT2D eigenvalue weighted by molar-refractivity contribution is -0.131. The van der Waals surface area contributed by atoms with Gasteiger partial charge in [0.2, 0.25) is 5.91 Å². The lowest BCUT2D eigenvalue weighted by Gasteiger charge is -2.32. The molecule has 0 aliphatic carbocycles. The number of likely N-dealkylation sites (N-methyl/N-ethyl adjacent to an activating group) is 1. The van der Waals surface area contributed by atoms with E-state index in [9.17, 15) is 13.2 Å². The zero-order valence-electron chi connectivity index (χ0n) is 30.9. The summed E-state index contributed by atoms with van der Waals surface area (Å²) in [6.45, 7) is 8.35. The molecule has 1 fully saturated rings. The van der Waals surface area contributed by atoms with Crippen LogP contribution in [0.4, 0.5) is 5.69 Å². The van der Waals surface area contributed by atoms with E-state index < -0.39 is 10.2 Å². The molecule has 3 rings (SSSR count). The molecule has 53 heavy (non-hydrogen) atoms. The second-order valence-electron chi connectivity index (χ2n) is 12.2. The Morgan fingerprint density at radius 3 is 1.87 bits per heavy atom. The summed E-state index contributed by atoms with van der Waals surface area (Å²) < 4.78 is 68.3. The van der Waals surface area contributed by atoms with Gasteiger partial charge in [-0.1, -0.05) is 41.4 Å². The van der Waals surface area contributed by atoms with Crippen LogP contribution < -0.4 is 9.44 Å². The third-order valence-electron chi connectivity index (χ3n) is 8.18. The number of hydrogen-bond donors (Lipinski definition) is 2. The second-order valence-corrected chi connectivity index (χ2v) is 14.6. The summed E-state index contributed by atoms with van der Waals surface area (Å²) in [4.78, 5) is 17.5. The van der Waals surface area contributed by atoms with Gasteiger partial charge in [-0.3, -0.25) is 9.52 Å². The number of anilines is 1. The molecule has 1 unspecified atom stereocenters. The lowest BCUT2D eigenvalue weighted by atomic mass is 10.0. The number of carbonyl (C=O) groups is 1. The number of nitrogens with one attached hydrogen (secondary N) is 2. The fourth-order valence-corrected chi connectivity index (χ4v) is 6.56. The van der Waals surface area contributed by atoms with Crippen LogP contribution in [0.3, 0.4) is 0 Å². The summed E-state index contributed by atoms with van der Waals surface area (Å²) in [5.41, 5.74) is 1.97. The fraction of sp³-hybridized carbons (Fsp3) is 0.639. The zero-order valence-corrected chi connectivity index (χ0v) is 33.2. The normalized spacial score (nSPS) is 14.1. The van der Waals surface area contributed by atoms with Crippen molar-refractivity contribution in [1.29, 1.82) is 0 Å². The lowest BCUT2D eigenvalue weighted by Crippen LogP contribution is -2.39. The summed E-state index contributed by atoms with van der Waals surface area (Å²) in [6.07, 6.45) is 2.37. The summed E-state index contributed by atoms with van der Waals surface area (Å²) in [5, 5.41) is 0.828. The van der Waals surface area contributed by atoms with Crippen LogP contribution in [-0.4, -0.2) is 150 Å². The molecule has 1 saturated heterocycles. The number of carbonyl (C=O) groups excluding carboxylic acids is 1. The number of hydrogen-bond acceptors (Lipinski definition) is 11. The Morgan fingerprint density at radius 2 is 1.32 bits per heavy atom. The van der Waals surface area contributed by atoms with Crippen LogP contribution in [-0.2, 0) is 54.6 Å². The molecule has 1 amide bonds. The number of nitrogens with zero attached hydrogens (tertiary/aromatic N) is 2. The Balaban J connectivity index is 1.30. The molecule has 1 aliphatic heterocycles. The van der Waals surface area contributed by atoms with E-state index in [-0.39, 0.29) is 31.5 Å². The van der Waals surface area contributed by atoms with Crippen molar-refractivity contribution in [2.24, 2.45) is 0 Å². The van der Waals surface area contributed by atoms with Crippen molar-refractivity contribution in [2.45, 2.75) is 25.3 Å². The molecule has 300 valence electrons. The van der Waals surface area contributed by atoms with E-state index in [1.54, 1.807) is 55.5 Å². The van der Waals surface area contributed by atoms with E-state index >= 15 is 0 Å². The van der Waals surface area contributed by atoms with E-state index in [2.05, 4.69) is 14.3 Å². The van der Waals surface area contributed by atoms with E-state index in [0.29, 0.717) is 102 Å². The maximum atomic E-state index is 13.4. The Labute approximate surface area is 324 Å². The number of halogens is 2. The molecular weight excluding hydrogens is 751 g/mol. The average molecular weight is 808 g/mol. The van der Waals surface area contributed by atoms with Crippen molar-refractivity contribution in [3.8, 4) is 0 Å². The second kappa shape index (κ2) is 26.6. The van der Waals surface area contributed by atoms with E-state index in [4.69, 9.17) is 56.4 Å². The van der Waals surface area contributed by atoms with Gasteiger partial charge in [0.15, 0.2) is 0 Å². The maximum absolute atomic E-state index is 13.4. The molecule has 2 aromatic carbocycles. The van der Waals surface area contributed by atoms with Gasteiger partial charge in [0.25, 0.3) is 10.2 Å². The van der Waals surface area contributed by atoms with Crippen LogP contribution in [0, 0.1) is 0 Å². The molecule has 0 radical (unpaired) electrons. The van der Waals surface area contributed by atoms with Crippen LogP contribution in [0.15, 0.2) is 42.5 Å². The van der Waals surface area contributed by atoms with Crippen molar-refractivity contribution >= 4 is 45.0 Å². The van der Waals surface area contributed by atoms with Crippen LogP contribution >= 0.6 is 23.2 Å². The number of amides is 1. The molecule has 2 N–H and O–H groups in total. The van der Waals surface area contributed by atoms with Gasteiger partial charge in [-0.25, -0.2) is 0 Å². The Morgan fingerprint density at radius 1 is 0.774 bits per heavy atom. The first-order chi connectivity index (χ1) is 25.7. The molecular formula is C36H56Cl2N4O10S. The van der Waals surface area contributed by atoms with E-state index in [0.717, 1.165) is 37.1 Å². The highest BCUT2D eigenvalue weighted by Gasteiger charge is 2.26. The molecule has 0 aromatic heterocycles. The summed E-state index contributed by atoms with van der Waals surface area (Å²) in [6, 6.07) is 12.0. The molecule has 2 aromatic rings. The third-order valence-corrected chi connectivity index (χ3v) is 10.0. The first-order valence-electron chi connectivity index (χ1n) is 17.9. The smallest absolute Gasteiger partial charge is 0.299 e. The van der Waals surface area contributed by atoms with E-state index in [1.165, 1.54) is 0 Å². The fourth-order valence-electron chi connectivity index (χ4n) is 5.38. The topological polar surface area (TPSA) is 146 Å². The summed E-state index contributed by atoms with van der Waals surface area (Å²) in [7, 11) is -0.468. The quantitative estimate of drug-likeness (QED) is 0.111. The van der Waals surface area contributed by atoms with Gasteiger partial charge in [0.1, 0.15) is 0 Å². The van der Waals surface area contributed by atoms with Crippen LogP contribution in [0.5, 0.6) is 0 Å². The van der Waals surface area contributed by atoms with Gasteiger partial charge < -0.3 is 43.0 Å². The number of likely N-dealkylation sites (tertiary alicyclic amines) is 1. The summed E-state index contributed by atoms with van der Waals surface area (Å²) >= 11 is 12.2. The predicted octanol–water partition coefficient (Wildman–Crippen LogP) is 3.82. The maximum Gasteiger partial charge on any atom is 0.299 e. The highest BCUT2D eigenvalue weighted by atomic mass is 35.5.